The third-order valence-electron chi connectivity index (χ3n) is 2.32. The minimum atomic E-state index is -0.705. The molecule has 1 aromatic carbocycles. The largest absolute Gasteiger partial charge is 0.508 e. The van der Waals surface area contributed by atoms with Crippen molar-refractivity contribution >= 4 is 12.1 Å². The molecular weight excluding hydrogens is 248 g/mol. The van der Waals surface area contributed by atoms with E-state index < -0.39 is 6.16 Å². The van der Waals surface area contributed by atoms with Crippen molar-refractivity contribution in [3.63, 3.8) is 0 Å². The van der Waals surface area contributed by atoms with Crippen LogP contribution in [0.3, 0.4) is 0 Å². The van der Waals surface area contributed by atoms with E-state index in [0.717, 1.165) is 0 Å². The van der Waals surface area contributed by atoms with Gasteiger partial charge in [-0.1, -0.05) is 18.2 Å². The molecule has 0 radical (unpaired) electrons. The number of carbonyl (C=O) groups is 2. The van der Waals surface area contributed by atoms with E-state index in [0.29, 0.717) is 12.0 Å². The highest BCUT2D eigenvalue weighted by atomic mass is 16.7. The fraction of sp³-hybridized carbons (Fsp3) is 0.429. The zero-order valence-corrected chi connectivity index (χ0v) is 11.1. The molecule has 0 aliphatic carbocycles. The zero-order chi connectivity index (χ0) is 14.1. The fourth-order valence-electron chi connectivity index (χ4n) is 1.35. The summed E-state index contributed by atoms with van der Waals surface area (Å²) in [7, 11) is 0. The molecule has 0 N–H and O–H groups in total. The minimum absolute atomic E-state index is 0.155. The molecule has 1 unspecified atom stereocenters. The maximum Gasteiger partial charge on any atom is 0.508 e. The van der Waals surface area contributed by atoms with Crippen LogP contribution in [-0.2, 0) is 14.2 Å². The molecule has 1 atom stereocenters. The van der Waals surface area contributed by atoms with Crippen molar-refractivity contribution in [3.8, 4) is 0 Å². The van der Waals surface area contributed by atoms with Crippen molar-refractivity contribution in [1.29, 1.82) is 0 Å². The van der Waals surface area contributed by atoms with Crippen molar-refractivity contribution in [3.05, 3.63) is 35.9 Å². The van der Waals surface area contributed by atoms with E-state index in [9.17, 15) is 9.59 Å². The van der Waals surface area contributed by atoms with E-state index in [4.69, 9.17) is 9.47 Å². The second-order valence-electron chi connectivity index (χ2n) is 3.90. The monoisotopic (exact) mass is 266 g/mol. The molecule has 0 aliphatic rings. The maximum atomic E-state index is 11.7. The lowest BCUT2D eigenvalue weighted by molar-refractivity contribution is 0.0212. The lowest BCUT2D eigenvalue weighted by Gasteiger charge is -2.13. The van der Waals surface area contributed by atoms with Crippen LogP contribution in [0, 0.1) is 0 Å². The summed E-state index contributed by atoms with van der Waals surface area (Å²) in [6.45, 7) is 3.88. The molecule has 1 aromatic rings. The number of hydrogen-bond acceptors (Lipinski definition) is 5. The number of esters is 1. The Balaban J connectivity index is 2.26. The van der Waals surface area contributed by atoms with Gasteiger partial charge in [0.05, 0.1) is 18.8 Å². The third kappa shape index (κ3) is 5.90. The van der Waals surface area contributed by atoms with Gasteiger partial charge < -0.3 is 14.2 Å². The van der Waals surface area contributed by atoms with Crippen LogP contribution in [0.5, 0.6) is 0 Å². The van der Waals surface area contributed by atoms with Gasteiger partial charge in [-0.15, -0.1) is 0 Å². The maximum absolute atomic E-state index is 11.7. The normalized spacial score (nSPS) is 11.5. The molecule has 0 saturated carbocycles. The van der Waals surface area contributed by atoms with Gasteiger partial charge >= 0.3 is 12.1 Å². The van der Waals surface area contributed by atoms with Gasteiger partial charge in [-0.05, 0) is 26.0 Å². The summed E-state index contributed by atoms with van der Waals surface area (Å²) in [5.41, 5.74) is 0.501. The first kappa shape index (κ1) is 15.0. The van der Waals surface area contributed by atoms with Crippen LogP contribution in [0.1, 0.15) is 30.6 Å². The highest BCUT2D eigenvalue weighted by Gasteiger charge is 2.12. The van der Waals surface area contributed by atoms with Gasteiger partial charge in [0.1, 0.15) is 6.10 Å². The summed E-state index contributed by atoms with van der Waals surface area (Å²) in [4.78, 5) is 22.6. The third-order valence-corrected chi connectivity index (χ3v) is 2.32. The van der Waals surface area contributed by atoms with Gasteiger partial charge in [-0.3, -0.25) is 0 Å². The molecule has 0 bridgehead atoms. The van der Waals surface area contributed by atoms with Crippen LogP contribution in [0.25, 0.3) is 0 Å². The first-order valence-electron chi connectivity index (χ1n) is 6.19. The average molecular weight is 266 g/mol. The van der Waals surface area contributed by atoms with Crippen LogP contribution in [0.4, 0.5) is 4.79 Å². The number of hydrogen-bond donors (Lipinski definition) is 0. The highest BCUT2D eigenvalue weighted by molar-refractivity contribution is 5.89. The summed E-state index contributed by atoms with van der Waals surface area (Å²) in [6, 6.07) is 8.73. The van der Waals surface area contributed by atoms with E-state index in [1.807, 2.05) is 6.07 Å². The molecule has 19 heavy (non-hydrogen) atoms. The van der Waals surface area contributed by atoms with Crippen molar-refractivity contribution in [2.24, 2.45) is 0 Å². The Morgan fingerprint density at radius 2 is 1.84 bits per heavy atom. The topological polar surface area (TPSA) is 61.8 Å². The smallest absolute Gasteiger partial charge is 0.459 e. The summed E-state index contributed by atoms with van der Waals surface area (Å²) in [5, 5.41) is 0. The van der Waals surface area contributed by atoms with Crippen LogP contribution in [0.2, 0.25) is 0 Å². The lowest BCUT2D eigenvalue weighted by atomic mass is 10.2. The molecule has 0 spiro atoms. The van der Waals surface area contributed by atoms with Gasteiger partial charge in [0.2, 0.25) is 0 Å². The molecule has 1 rings (SSSR count). The summed E-state index contributed by atoms with van der Waals surface area (Å²) in [5.74, 6) is -0.385. The molecule has 0 aliphatic heterocycles. The first-order chi connectivity index (χ1) is 9.13. The second kappa shape index (κ2) is 8.13. The average Bonchev–Trinajstić information content (AvgIpc) is 2.40. The minimum Gasteiger partial charge on any atom is -0.459 e. The number of carbonyl (C=O) groups excluding carboxylic acids is 2. The molecule has 0 aromatic heterocycles. The van der Waals surface area contributed by atoms with E-state index in [2.05, 4.69) is 4.74 Å². The number of ether oxygens (including phenoxy) is 3. The molecule has 5 nitrogen and oxygen atoms in total. The van der Waals surface area contributed by atoms with E-state index in [1.54, 1.807) is 38.1 Å². The quantitative estimate of drug-likeness (QED) is 0.741. The Kier molecular flexibility index (Phi) is 6.43. The Labute approximate surface area is 112 Å². The zero-order valence-electron chi connectivity index (χ0n) is 11.1. The predicted molar refractivity (Wildman–Crippen MR) is 68.9 cm³/mol. The standard InChI is InChI=1S/C14H18O5/c1-3-17-14(16)18-10-9-11(2)19-13(15)12-7-5-4-6-8-12/h4-8,11H,3,9-10H2,1-2H3. The van der Waals surface area contributed by atoms with Crippen LogP contribution < -0.4 is 0 Å². The summed E-state index contributed by atoms with van der Waals surface area (Å²) >= 11 is 0. The van der Waals surface area contributed by atoms with Crippen LogP contribution in [-0.4, -0.2) is 31.4 Å². The number of rotatable bonds is 6. The first-order valence-corrected chi connectivity index (χ1v) is 6.19. The van der Waals surface area contributed by atoms with Gasteiger partial charge in [-0.25, -0.2) is 9.59 Å². The van der Waals surface area contributed by atoms with Crippen LogP contribution >= 0.6 is 0 Å². The Bertz CT molecular complexity index is 402. The molecule has 5 heteroatoms. The van der Waals surface area contributed by atoms with E-state index >= 15 is 0 Å². The van der Waals surface area contributed by atoms with E-state index in [-0.39, 0.29) is 25.3 Å². The molecule has 0 saturated heterocycles. The molecular formula is C14H18O5. The highest BCUT2D eigenvalue weighted by Crippen LogP contribution is 2.06. The molecule has 104 valence electrons. The predicted octanol–water partition coefficient (Wildman–Crippen LogP) is 2.80. The van der Waals surface area contributed by atoms with Gasteiger partial charge in [0.25, 0.3) is 0 Å². The van der Waals surface area contributed by atoms with Crippen molar-refractivity contribution < 1.29 is 23.8 Å². The van der Waals surface area contributed by atoms with Crippen molar-refractivity contribution in [2.45, 2.75) is 26.4 Å². The van der Waals surface area contributed by atoms with Gasteiger partial charge in [-0.2, -0.15) is 0 Å². The van der Waals surface area contributed by atoms with Gasteiger partial charge in [0, 0.05) is 6.42 Å². The molecule has 0 amide bonds. The Morgan fingerprint density at radius 1 is 1.16 bits per heavy atom. The lowest BCUT2D eigenvalue weighted by Crippen LogP contribution is -2.18. The Hall–Kier alpha value is -2.04. The van der Waals surface area contributed by atoms with Crippen molar-refractivity contribution in [1.82, 2.24) is 0 Å². The molecule has 0 heterocycles. The fourth-order valence-corrected chi connectivity index (χ4v) is 1.35. The van der Waals surface area contributed by atoms with E-state index in [1.165, 1.54) is 0 Å². The Morgan fingerprint density at radius 3 is 2.47 bits per heavy atom. The number of benzene rings is 1. The second-order valence-corrected chi connectivity index (χ2v) is 3.90. The SMILES string of the molecule is CCOC(=O)OCCC(C)OC(=O)c1ccccc1. The van der Waals surface area contributed by atoms with Crippen molar-refractivity contribution in [2.75, 3.05) is 13.2 Å². The van der Waals surface area contributed by atoms with Crippen LogP contribution in [0.15, 0.2) is 30.3 Å². The summed E-state index contributed by atoms with van der Waals surface area (Å²) < 4.78 is 14.6. The summed E-state index contributed by atoms with van der Waals surface area (Å²) in [6.07, 6.45) is -0.608. The molecule has 0 fully saturated rings. The van der Waals surface area contributed by atoms with Gasteiger partial charge in [0.15, 0.2) is 0 Å².